The minimum Gasteiger partial charge on any atom is -0.389 e. The van der Waals surface area contributed by atoms with Crippen LogP contribution in [0.4, 0.5) is 0 Å². The van der Waals surface area contributed by atoms with Gasteiger partial charge < -0.3 is 9.84 Å². The van der Waals surface area contributed by atoms with Crippen LogP contribution in [0.25, 0.3) is 0 Å². The number of aliphatic hydroxyl groups excluding tert-OH is 1. The Morgan fingerprint density at radius 3 is 1.87 bits per heavy atom. The summed E-state index contributed by atoms with van der Waals surface area (Å²) in [6.45, 7) is 13.0. The van der Waals surface area contributed by atoms with E-state index in [-0.39, 0.29) is 12.2 Å². The topological polar surface area (TPSA) is 29.5 Å². The Balaban J connectivity index is 0.000000515. The molecule has 2 heteroatoms. The van der Waals surface area contributed by atoms with Crippen molar-refractivity contribution < 1.29 is 9.84 Å². The molecule has 0 saturated carbocycles. The fourth-order valence-corrected chi connectivity index (χ4v) is 1.85. The van der Waals surface area contributed by atoms with Gasteiger partial charge in [-0.2, -0.15) is 0 Å². The van der Waals surface area contributed by atoms with Crippen LogP contribution in [0, 0.1) is 11.8 Å². The van der Waals surface area contributed by atoms with E-state index >= 15 is 0 Å². The molecule has 0 spiro atoms. The van der Waals surface area contributed by atoms with Gasteiger partial charge in [0.1, 0.15) is 0 Å². The van der Waals surface area contributed by atoms with Crippen molar-refractivity contribution in [3.05, 3.63) is 60.2 Å². The standard InChI is InChI=1S/C14H20O.C7H14O/c1-4-8-14(12(2)3)15-11-13-9-6-5-7-10-13;1-4-5-7(8)6(2)3/h4-10,12,14H,11H2,1-3H3;4-8H,1-3H3/t14-;7-/m11/s1. The van der Waals surface area contributed by atoms with E-state index in [9.17, 15) is 0 Å². The van der Waals surface area contributed by atoms with Gasteiger partial charge in [0.15, 0.2) is 0 Å². The summed E-state index contributed by atoms with van der Waals surface area (Å²) >= 11 is 0. The summed E-state index contributed by atoms with van der Waals surface area (Å²) in [6, 6.07) is 10.3. The van der Waals surface area contributed by atoms with Crippen molar-refractivity contribution in [2.24, 2.45) is 11.8 Å². The Labute approximate surface area is 142 Å². The molecule has 1 N–H and O–H groups in total. The van der Waals surface area contributed by atoms with Gasteiger partial charge in [-0.1, -0.05) is 82.3 Å². The largest absolute Gasteiger partial charge is 0.389 e. The molecule has 130 valence electrons. The summed E-state index contributed by atoms with van der Waals surface area (Å²) < 4.78 is 5.84. The lowest BCUT2D eigenvalue weighted by Crippen LogP contribution is -2.16. The second-order valence-electron chi connectivity index (χ2n) is 6.29. The van der Waals surface area contributed by atoms with Crippen LogP contribution in [0.1, 0.15) is 47.1 Å². The summed E-state index contributed by atoms with van der Waals surface area (Å²) in [4.78, 5) is 0. The highest BCUT2D eigenvalue weighted by atomic mass is 16.5. The first-order chi connectivity index (χ1) is 10.9. The Morgan fingerprint density at radius 2 is 1.48 bits per heavy atom. The predicted octanol–water partition coefficient (Wildman–Crippen LogP) is 5.38. The van der Waals surface area contributed by atoms with E-state index in [1.807, 2.05) is 52.0 Å². The molecule has 2 atom stereocenters. The van der Waals surface area contributed by atoms with Crippen LogP contribution in [-0.2, 0) is 11.3 Å². The molecule has 1 aromatic carbocycles. The first-order valence-electron chi connectivity index (χ1n) is 8.51. The summed E-state index contributed by atoms with van der Waals surface area (Å²) in [5.74, 6) is 0.858. The summed E-state index contributed by atoms with van der Waals surface area (Å²) in [6.07, 6.45) is 7.79. The van der Waals surface area contributed by atoms with Crippen LogP contribution in [-0.4, -0.2) is 17.3 Å². The van der Waals surface area contributed by atoms with Gasteiger partial charge in [-0.05, 0) is 31.2 Å². The van der Waals surface area contributed by atoms with E-state index in [0.717, 1.165) is 0 Å². The monoisotopic (exact) mass is 318 g/mol. The number of rotatable bonds is 7. The third-order valence-electron chi connectivity index (χ3n) is 3.40. The van der Waals surface area contributed by atoms with Crippen LogP contribution in [0.3, 0.4) is 0 Å². The first kappa shape index (κ1) is 21.6. The Morgan fingerprint density at radius 1 is 0.913 bits per heavy atom. The maximum Gasteiger partial charge on any atom is 0.0783 e. The Kier molecular flexibility index (Phi) is 12.3. The smallest absolute Gasteiger partial charge is 0.0783 e. The van der Waals surface area contributed by atoms with Gasteiger partial charge in [-0.25, -0.2) is 0 Å². The van der Waals surface area contributed by atoms with Crippen LogP contribution in [0.15, 0.2) is 54.6 Å². The van der Waals surface area contributed by atoms with Crippen molar-refractivity contribution in [1.29, 1.82) is 0 Å². The minimum absolute atomic E-state index is 0.218. The van der Waals surface area contributed by atoms with E-state index in [4.69, 9.17) is 9.84 Å². The van der Waals surface area contributed by atoms with Crippen molar-refractivity contribution in [3.8, 4) is 0 Å². The van der Waals surface area contributed by atoms with Gasteiger partial charge in [0.25, 0.3) is 0 Å². The average Bonchev–Trinajstić information content (AvgIpc) is 2.53. The van der Waals surface area contributed by atoms with Crippen molar-refractivity contribution in [2.75, 3.05) is 0 Å². The molecule has 0 heterocycles. The zero-order valence-corrected chi connectivity index (χ0v) is 15.6. The number of hydrogen-bond acceptors (Lipinski definition) is 2. The first-order valence-corrected chi connectivity index (χ1v) is 8.51. The summed E-state index contributed by atoms with van der Waals surface area (Å²) in [5.41, 5.74) is 1.23. The lowest BCUT2D eigenvalue weighted by Gasteiger charge is -2.17. The van der Waals surface area contributed by atoms with Gasteiger partial charge in [0.05, 0.1) is 18.8 Å². The second kappa shape index (κ2) is 13.1. The van der Waals surface area contributed by atoms with Gasteiger partial charge >= 0.3 is 0 Å². The van der Waals surface area contributed by atoms with Crippen molar-refractivity contribution >= 4 is 0 Å². The molecule has 23 heavy (non-hydrogen) atoms. The molecule has 0 aliphatic heterocycles. The molecule has 0 aliphatic carbocycles. The molecule has 0 bridgehead atoms. The van der Waals surface area contributed by atoms with Crippen molar-refractivity contribution in [3.63, 3.8) is 0 Å². The molecule has 1 aromatic rings. The normalized spacial score (nSPS) is 14.3. The molecule has 0 amide bonds. The zero-order chi connectivity index (χ0) is 17.7. The zero-order valence-electron chi connectivity index (χ0n) is 15.6. The third-order valence-corrected chi connectivity index (χ3v) is 3.40. The average molecular weight is 319 g/mol. The quantitative estimate of drug-likeness (QED) is 0.684. The van der Waals surface area contributed by atoms with Gasteiger partial charge in [0.2, 0.25) is 0 Å². The molecule has 0 aliphatic rings. The van der Waals surface area contributed by atoms with Gasteiger partial charge in [-0.15, -0.1) is 0 Å². The second-order valence-corrected chi connectivity index (χ2v) is 6.29. The fraction of sp³-hybridized carbons (Fsp3) is 0.524. The SMILES string of the molecule is CC=C[C@@H](O)C(C)C.CC=C[C@@H](OCc1ccccc1)C(C)C. The highest BCUT2D eigenvalue weighted by Gasteiger charge is 2.09. The van der Waals surface area contributed by atoms with Gasteiger partial charge in [0, 0.05) is 0 Å². The Hall–Kier alpha value is -1.38. The van der Waals surface area contributed by atoms with E-state index in [1.165, 1.54) is 5.56 Å². The summed E-state index contributed by atoms with van der Waals surface area (Å²) in [7, 11) is 0. The number of aliphatic hydroxyl groups is 1. The lowest BCUT2D eigenvalue weighted by molar-refractivity contribution is 0.0428. The molecule has 0 aromatic heterocycles. The summed E-state index contributed by atoms with van der Waals surface area (Å²) in [5, 5.41) is 9.04. The number of hydrogen-bond donors (Lipinski definition) is 1. The molecular formula is C21H34O2. The predicted molar refractivity (Wildman–Crippen MR) is 100 cm³/mol. The molecule has 1 rings (SSSR count). The maximum absolute atomic E-state index is 9.04. The number of ether oxygens (including phenoxy) is 1. The molecular weight excluding hydrogens is 284 g/mol. The molecule has 0 unspecified atom stereocenters. The van der Waals surface area contributed by atoms with Crippen LogP contribution in [0.2, 0.25) is 0 Å². The minimum atomic E-state index is -0.264. The van der Waals surface area contributed by atoms with Gasteiger partial charge in [-0.3, -0.25) is 0 Å². The molecule has 0 saturated heterocycles. The van der Waals surface area contributed by atoms with Crippen LogP contribution >= 0.6 is 0 Å². The van der Waals surface area contributed by atoms with Crippen LogP contribution < -0.4 is 0 Å². The van der Waals surface area contributed by atoms with E-state index in [2.05, 4.69) is 38.1 Å². The lowest BCUT2D eigenvalue weighted by atomic mass is 10.1. The highest BCUT2D eigenvalue weighted by Crippen LogP contribution is 2.11. The maximum atomic E-state index is 9.04. The van der Waals surface area contributed by atoms with E-state index in [0.29, 0.717) is 18.4 Å². The van der Waals surface area contributed by atoms with Crippen molar-refractivity contribution in [1.82, 2.24) is 0 Å². The molecule has 2 nitrogen and oxygen atoms in total. The molecule has 0 radical (unpaired) electrons. The highest BCUT2D eigenvalue weighted by molar-refractivity contribution is 5.13. The Bertz CT molecular complexity index is 432. The number of allylic oxidation sites excluding steroid dienone is 2. The van der Waals surface area contributed by atoms with E-state index in [1.54, 1.807) is 6.08 Å². The molecule has 0 fully saturated rings. The number of benzene rings is 1. The van der Waals surface area contributed by atoms with E-state index < -0.39 is 0 Å². The fourth-order valence-electron chi connectivity index (χ4n) is 1.85. The third kappa shape index (κ3) is 10.9. The van der Waals surface area contributed by atoms with Crippen LogP contribution in [0.5, 0.6) is 0 Å². The van der Waals surface area contributed by atoms with Crippen molar-refractivity contribution in [2.45, 2.75) is 60.4 Å².